The number of morpholine rings is 1. The lowest BCUT2D eigenvalue weighted by atomic mass is 10.3. The van der Waals surface area contributed by atoms with E-state index in [9.17, 15) is 0 Å². The minimum atomic E-state index is -0.0706. The number of nitrogens with one attached hydrogen (secondary N) is 1. The highest BCUT2D eigenvalue weighted by atomic mass is 16.5. The van der Waals surface area contributed by atoms with Crippen LogP contribution in [0.5, 0.6) is 5.88 Å². The average Bonchev–Trinajstić information content (AvgIpc) is 2.98. The molecule has 1 N–H and O–H groups in total. The Hall–Kier alpha value is -2.06. The van der Waals surface area contributed by atoms with Gasteiger partial charge in [0, 0.05) is 12.6 Å². The van der Waals surface area contributed by atoms with Crippen LogP contribution in [-0.4, -0.2) is 47.0 Å². The van der Waals surface area contributed by atoms with Gasteiger partial charge in [-0.1, -0.05) is 5.16 Å². The zero-order valence-corrected chi connectivity index (χ0v) is 10.4. The first-order chi connectivity index (χ1) is 9.36. The van der Waals surface area contributed by atoms with E-state index >= 15 is 0 Å². The van der Waals surface area contributed by atoms with Crippen LogP contribution in [0, 0.1) is 0 Å². The molecule has 2 aromatic heterocycles. The Kier molecular flexibility index (Phi) is 3.34. The van der Waals surface area contributed by atoms with E-state index in [-0.39, 0.29) is 6.04 Å². The Balaban J connectivity index is 1.83. The minimum Gasteiger partial charge on any atom is -0.481 e. The fourth-order valence-corrected chi connectivity index (χ4v) is 1.78. The predicted molar refractivity (Wildman–Crippen MR) is 63.4 cm³/mol. The standard InChI is InChI=1S/C11H13N5O3/c1-17-9-4-7(13-6-14-9)10-15-11(19-16-10)8-5-18-3-2-12-8/h4,6,8,12H,2-3,5H2,1H3. The number of hydrogen-bond acceptors (Lipinski definition) is 8. The molecule has 0 spiro atoms. The van der Waals surface area contributed by atoms with Crippen LogP contribution in [0.2, 0.25) is 0 Å². The Bertz CT molecular complexity index is 553. The third-order valence-electron chi connectivity index (χ3n) is 2.74. The molecule has 3 heterocycles. The summed E-state index contributed by atoms with van der Waals surface area (Å²) in [5.41, 5.74) is 0.554. The highest BCUT2D eigenvalue weighted by molar-refractivity contribution is 5.49. The molecule has 0 bridgehead atoms. The highest BCUT2D eigenvalue weighted by Crippen LogP contribution is 2.20. The van der Waals surface area contributed by atoms with Gasteiger partial charge in [-0.05, 0) is 0 Å². The van der Waals surface area contributed by atoms with Crippen molar-refractivity contribution >= 4 is 0 Å². The van der Waals surface area contributed by atoms with Crippen molar-refractivity contribution in [1.82, 2.24) is 25.4 Å². The zero-order chi connectivity index (χ0) is 13.1. The summed E-state index contributed by atoms with van der Waals surface area (Å²) in [5, 5.41) is 7.15. The van der Waals surface area contributed by atoms with Crippen molar-refractivity contribution < 1.29 is 14.0 Å². The topological polar surface area (TPSA) is 95.2 Å². The van der Waals surface area contributed by atoms with Gasteiger partial charge in [-0.3, -0.25) is 0 Å². The van der Waals surface area contributed by atoms with Crippen molar-refractivity contribution in [3.8, 4) is 17.4 Å². The minimum absolute atomic E-state index is 0.0706. The summed E-state index contributed by atoms with van der Waals surface area (Å²) in [5.74, 6) is 1.35. The van der Waals surface area contributed by atoms with Gasteiger partial charge < -0.3 is 19.3 Å². The normalized spacial score (nSPS) is 19.3. The molecule has 0 saturated carbocycles. The maximum absolute atomic E-state index is 5.35. The second-order valence-corrected chi connectivity index (χ2v) is 3.98. The molecule has 8 heteroatoms. The molecule has 19 heavy (non-hydrogen) atoms. The van der Waals surface area contributed by atoms with Gasteiger partial charge in [0.25, 0.3) is 0 Å². The molecular weight excluding hydrogens is 250 g/mol. The molecule has 1 aliphatic heterocycles. The first-order valence-corrected chi connectivity index (χ1v) is 5.88. The van der Waals surface area contributed by atoms with Gasteiger partial charge in [0.15, 0.2) is 0 Å². The summed E-state index contributed by atoms with van der Waals surface area (Å²) in [7, 11) is 1.54. The van der Waals surface area contributed by atoms with E-state index in [1.54, 1.807) is 6.07 Å². The van der Waals surface area contributed by atoms with Crippen LogP contribution < -0.4 is 10.1 Å². The van der Waals surface area contributed by atoms with E-state index in [1.165, 1.54) is 13.4 Å². The van der Waals surface area contributed by atoms with Gasteiger partial charge in [-0.15, -0.1) is 0 Å². The van der Waals surface area contributed by atoms with Gasteiger partial charge in [0.1, 0.15) is 18.1 Å². The molecule has 1 saturated heterocycles. The third kappa shape index (κ3) is 2.54. The van der Waals surface area contributed by atoms with Crippen molar-refractivity contribution in [3.05, 3.63) is 18.3 Å². The van der Waals surface area contributed by atoms with E-state index in [1.807, 2.05) is 0 Å². The summed E-state index contributed by atoms with van der Waals surface area (Å²) < 4.78 is 15.6. The maximum Gasteiger partial charge on any atom is 0.246 e. The van der Waals surface area contributed by atoms with Crippen molar-refractivity contribution in [2.75, 3.05) is 26.9 Å². The molecule has 1 aliphatic rings. The van der Waals surface area contributed by atoms with E-state index < -0.39 is 0 Å². The number of aromatic nitrogens is 4. The lowest BCUT2D eigenvalue weighted by Crippen LogP contribution is -2.34. The summed E-state index contributed by atoms with van der Waals surface area (Å²) in [6.45, 7) is 1.99. The molecule has 3 rings (SSSR count). The molecule has 0 aromatic carbocycles. The van der Waals surface area contributed by atoms with Crippen LogP contribution in [0.15, 0.2) is 16.9 Å². The number of ether oxygens (including phenoxy) is 2. The molecule has 100 valence electrons. The van der Waals surface area contributed by atoms with Crippen LogP contribution >= 0.6 is 0 Å². The highest BCUT2D eigenvalue weighted by Gasteiger charge is 2.22. The summed E-state index contributed by atoms with van der Waals surface area (Å²) >= 11 is 0. The molecule has 1 atom stereocenters. The van der Waals surface area contributed by atoms with Crippen LogP contribution in [0.3, 0.4) is 0 Å². The Labute approximate surface area is 109 Å². The fraction of sp³-hybridized carbons (Fsp3) is 0.455. The van der Waals surface area contributed by atoms with Gasteiger partial charge in [0.05, 0.1) is 20.3 Å². The van der Waals surface area contributed by atoms with Crippen molar-refractivity contribution in [2.24, 2.45) is 0 Å². The molecule has 8 nitrogen and oxygen atoms in total. The number of hydrogen-bond donors (Lipinski definition) is 1. The number of methoxy groups -OCH3 is 1. The Morgan fingerprint density at radius 1 is 1.42 bits per heavy atom. The quantitative estimate of drug-likeness (QED) is 0.838. The molecule has 1 fully saturated rings. The SMILES string of the molecule is COc1cc(-c2noc(C3COCCN3)n2)ncn1. The first kappa shape index (κ1) is 12.0. The van der Waals surface area contributed by atoms with Gasteiger partial charge >= 0.3 is 0 Å². The zero-order valence-electron chi connectivity index (χ0n) is 10.4. The van der Waals surface area contributed by atoms with Gasteiger partial charge in [-0.25, -0.2) is 9.97 Å². The first-order valence-electron chi connectivity index (χ1n) is 5.88. The monoisotopic (exact) mass is 263 g/mol. The largest absolute Gasteiger partial charge is 0.481 e. The molecule has 1 unspecified atom stereocenters. The smallest absolute Gasteiger partial charge is 0.246 e. The second kappa shape index (κ2) is 5.29. The molecular formula is C11H13N5O3. The van der Waals surface area contributed by atoms with E-state index in [2.05, 4.69) is 25.4 Å². The van der Waals surface area contributed by atoms with Crippen molar-refractivity contribution in [2.45, 2.75) is 6.04 Å². The van der Waals surface area contributed by atoms with E-state index in [0.717, 1.165) is 6.54 Å². The molecule has 0 radical (unpaired) electrons. The van der Waals surface area contributed by atoms with Crippen molar-refractivity contribution in [3.63, 3.8) is 0 Å². The number of nitrogens with zero attached hydrogens (tertiary/aromatic N) is 4. The molecule has 0 amide bonds. The van der Waals surface area contributed by atoms with Gasteiger partial charge in [0.2, 0.25) is 17.6 Å². The summed E-state index contributed by atoms with van der Waals surface area (Å²) in [6.07, 6.45) is 1.40. The van der Waals surface area contributed by atoms with Crippen LogP contribution in [0.25, 0.3) is 11.5 Å². The Morgan fingerprint density at radius 3 is 3.16 bits per heavy atom. The van der Waals surface area contributed by atoms with Gasteiger partial charge in [-0.2, -0.15) is 4.98 Å². The fourth-order valence-electron chi connectivity index (χ4n) is 1.78. The summed E-state index contributed by atoms with van der Waals surface area (Å²) in [6, 6.07) is 1.58. The third-order valence-corrected chi connectivity index (χ3v) is 2.74. The molecule has 2 aromatic rings. The van der Waals surface area contributed by atoms with E-state index in [0.29, 0.717) is 36.5 Å². The lowest BCUT2D eigenvalue weighted by Gasteiger charge is -2.20. The van der Waals surface area contributed by atoms with Crippen LogP contribution in [0.1, 0.15) is 11.9 Å². The van der Waals surface area contributed by atoms with Crippen molar-refractivity contribution in [1.29, 1.82) is 0 Å². The van der Waals surface area contributed by atoms with E-state index in [4.69, 9.17) is 14.0 Å². The Morgan fingerprint density at radius 2 is 2.37 bits per heavy atom. The van der Waals surface area contributed by atoms with Crippen LogP contribution in [0.4, 0.5) is 0 Å². The van der Waals surface area contributed by atoms with Crippen LogP contribution in [-0.2, 0) is 4.74 Å². The second-order valence-electron chi connectivity index (χ2n) is 3.98. The summed E-state index contributed by atoms with van der Waals surface area (Å²) in [4.78, 5) is 12.3. The molecule has 0 aliphatic carbocycles. The maximum atomic E-state index is 5.35. The average molecular weight is 263 g/mol. The number of rotatable bonds is 3. The predicted octanol–water partition coefficient (Wildman–Crippen LogP) is 0.196. The lowest BCUT2D eigenvalue weighted by molar-refractivity contribution is 0.0659.